The second-order valence-electron chi connectivity index (χ2n) is 7.17. The lowest BCUT2D eigenvalue weighted by molar-refractivity contribution is -0.116. The number of carbonyl (C=O) groups excluding carboxylic acids is 1. The van der Waals surface area contributed by atoms with E-state index < -0.39 is 9.84 Å². The van der Waals surface area contributed by atoms with Crippen LogP contribution in [0.4, 0.5) is 5.69 Å². The Bertz CT molecular complexity index is 1250. The standard InChI is InChI=1S/C23H23NO6S2/c1-4-30-19-11-14(5-10-18(19)29-3)17-12-21(25)24-22-20(13-31-23(17)22)32(26,27)16-8-6-15(28-2)7-9-16/h5-11,13,17H,4,12H2,1-3H3,(H,24,25)/t17-/m0/s1. The van der Waals surface area contributed by atoms with E-state index in [0.29, 0.717) is 29.5 Å². The predicted molar refractivity (Wildman–Crippen MR) is 122 cm³/mol. The molecule has 2 heterocycles. The maximum absolute atomic E-state index is 13.3. The van der Waals surface area contributed by atoms with Crippen LogP contribution in [-0.4, -0.2) is 35.2 Å². The molecule has 1 atom stereocenters. The molecule has 0 saturated heterocycles. The van der Waals surface area contributed by atoms with Crippen molar-refractivity contribution in [3.8, 4) is 17.2 Å². The van der Waals surface area contributed by atoms with E-state index in [1.807, 2.05) is 19.1 Å². The molecular formula is C23H23NO6S2. The first-order valence-electron chi connectivity index (χ1n) is 10.00. The first-order chi connectivity index (χ1) is 15.4. The first-order valence-corrected chi connectivity index (χ1v) is 12.4. The first kappa shape index (κ1) is 22.2. The monoisotopic (exact) mass is 473 g/mol. The van der Waals surface area contributed by atoms with E-state index in [1.54, 1.807) is 30.7 Å². The third-order valence-corrected chi connectivity index (χ3v) is 8.34. The average Bonchev–Trinajstić information content (AvgIpc) is 3.23. The van der Waals surface area contributed by atoms with Crippen molar-refractivity contribution in [1.82, 2.24) is 0 Å². The highest BCUT2D eigenvalue weighted by Crippen LogP contribution is 2.47. The smallest absolute Gasteiger partial charge is 0.225 e. The number of fused-ring (bicyclic) bond motifs is 1. The highest BCUT2D eigenvalue weighted by molar-refractivity contribution is 7.91. The fourth-order valence-electron chi connectivity index (χ4n) is 3.73. The van der Waals surface area contributed by atoms with Crippen LogP contribution in [0.15, 0.2) is 57.6 Å². The van der Waals surface area contributed by atoms with Crippen molar-refractivity contribution in [2.24, 2.45) is 0 Å². The van der Waals surface area contributed by atoms with Gasteiger partial charge in [0.05, 0.1) is 31.4 Å². The molecule has 4 rings (SSSR count). The second kappa shape index (κ2) is 8.84. The number of ether oxygens (including phenoxy) is 3. The molecule has 7 nitrogen and oxygen atoms in total. The van der Waals surface area contributed by atoms with Crippen LogP contribution in [0, 0.1) is 0 Å². The lowest BCUT2D eigenvalue weighted by Crippen LogP contribution is -2.23. The van der Waals surface area contributed by atoms with Crippen molar-refractivity contribution in [3.63, 3.8) is 0 Å². The Hall–Kier alpha value is -3.04. The van der Waals surface area contributed by atoms with Crippen LogP contribution < -0.4 is 19.5 Å². The highest BCUT2D eigenvalue weighted by Gasteiger charge is 2.34. The van der Waals surface area contributed by atoms with E-state index in [2.05, 4.69) is 5.32 Å². The summed E-state index contributed by atoms with van der Waals surface area (Å²) in [4.78, 5) is 13.6. The van der Waals surface area contributed by atoms with Gasteiger partial charge in [-0.1, -0.05) is 6.07 Å². The van der Waals surface area contributed by atoms with E-state index in [-0.39, 0.29) is 28.0 Å². The molecule has 0 bridgehead atoms. The number of anilines is 1. The number of sulfone groups is 1. The van der Waals surface area contributed by atoms with E-state index >= 15 is 0 Å². The van der Waals surface area contributed by atoms with Gasteiger partial charge in [-0.15, -0.1) is 11.3 Å². The topological polar surface area (TPSA) is 90.9 Å². The fourth-order valence-corrected chi connectivity index (χ4v) is 6.64. The minimum absolute atomic E-state index is 0.0965. The fraction of sp³-hybridized carbons (Fsp3) is 0.261. The van der Waals surface area contributed by atoms with Gasteiger partial charge in [0.2, 0.25) is 15.7 Å². The summed E-state index contributed by atoms with van der Waals surface area (Å²) in [5.41, 5.74) is 1.21. The van der Waals surface area contributed by atoms with Crippen molar-refractivity contribution in [2.75, 3.05) is 26.1 Å². The summed E-state index contributed by atoms with van der Waals surface area (Å²) in [7, 11) is -0.736. The molecular weight excluding hydrogens is 450 g/mol. The largest absolute Gasteiger partial charge is 0.497 e. The average molecular weight is 474 g/mol. The number of hydrogen-bond donors (Lipinski definition) is 1. The van der Waals surface area contributed by atoms with E-state index in [0.717, 1.165) is 10.4 Å². The van der Waals surface area contributed by atoms with Crippen molar-refractivity contribution in [1.29, 1.82) is 0 Å². The van der Waals surface area contributed by atoms with Crippen LogP contribution in [0.25, 0.3) is 0 Å². The molecule has 1 amide bonds. The number of thiophene rings is 1. The highest BCUT2D eigenvalue weighted by atomic mass is 32.2. The lowest BCUT2D eigenvalue weighted by atomic mass is 9.90. The van der Waals surface area contributed by atoms with Crippen molar-refractivity contribution in [3.05, 3.63) is 58.3 Å². The molecule has 2 aromatic carbocycles. The van der Waals surface area contributed by atoms with Crippen LogP contribution in [0.3, 0.4) is 0 Å². The lowest BCUT2D eigenvalue weighted by Gasteiger charge is -2.24. The summed E-state index contributed by atoms with van der Waals surface area (Å²) < 4.78 is 42.8. The Morgan fingerprint density at radius 2 is 1.81 bits per heavy atom. The number of methoxy groups -OCH3 is 2. The van der Waals surface area contributed by atoms with Gasteiger partial charge in [0.25, 0.3) is 0 Å². The minimum Gasteiger partial charge on any atom is -0.497 e. The Balaban J connectivity index is 1.77. The molecule has 1 aromatic heterocycles. The summed E-state index contributed by atoms with van der Waals surface area (Å²) >= 11 is 1.32. The van der Waals surface area contributed by atoms with Crippen LogP contribution >= 0.6 is 11.3 Å². The third kappa shape index (κ3) is 3.93. The van der Waals surface area contributed by atoms with Gasteiger partial charge >= 0.3 is 0 Å². The molecule has 0 aliphatic carbocycles. The predicted octanol–water partition coefficient (Wildman–Crippen LogP) is 4.47. The number of benzene rings is 2. The van der Waals surface area contributed by atoms with Gasteiger partial charge < -0.3 is 19.5 Å². The normalized spacial score (nSPS) is 15.6. The molecule has 1 N–H and O–H groups in total. The number of carbonyl (C=O) groups is 1. The summed E-state index contributed by atoms with van der Waals surface area (Å²) in [5.74, 6) is 1.23. The molecule has 0 fully saturated rings. The number of rotatable bonds is 7. The van der Waals surface area contributed by atoms with Crippen molar-refractivity contribution in [2.45, 2.75) is 29.1 Å². The van der Waals surface area contributed by atoms with Crippen molar-refractivity contribution < 1.29 is 27.4 Å². The quantitative estimate of drug-likeness (QED) is 0.544. The number of nitrogens with one attached hydrogen (secondary N) is 1. The van der Waals surface area contributed by atoms with Gasteiger partial charge in [0.1, 0.15) is 10.6 Å². The van der Waals surface area contributed by atoms with E-state index in [1.165, 1.54) is 30.6 Å². The maximum atomic E-state index is 13.3. The molecule has 168 valence electrons. The summed E-state index contributed by atoms with van der Waals surface area (Å²) in [5, 5.41) is 4.37. The van der Waals surface area contributed by atoms with Crippen molar-refractivity contribution >= 4 is 32.8 Å². The molecule has 9 heteroatoms. The Kier molecular flexibility index (Phi) is 6.12. The SMILES string of the molecule is CCOc1cc([C@@H]2CC(=O)Nc3c(S(=O)(=O)c4ccc(OC)cc4)csc32)ccc1OC. The van der Waals surface area contributed by atoms with Crippen LogP contribution in [0.1, 0.15) is 29.7 Å². The molecule has 3 aromatic rings. The zero-order valence-electron chi connectivity index (χ0n) is 17.9. The van der Waals surface area contributed by atoms with E-state index in [4.69, 9.17) is 14.2 Å². The second-order valence-corrected chi connectivity index (χ2v) is 10.00. The molecule has 1 aliphatic rings. The molecule has 32 heavy (non-hydrogen) atoms. The Labute approximate surface area is 190 Å². The summed E-state index contributed by atoms with van der Waals surface area (Å²) in [6.45, 7) is 2.35. The summed E-state index contributed by atoms with van der Waals surface area (Å²) in [6.07, 6.45) is 0.216. The van der Waals surface area contributed by atoms with Crippen LogP contribution in [-0.2, 0) is 14.6 Å². The van der Waals surface area contributed by atoms with E-state index in [9.17, 15) is 13.2 Å². The molecule has 0 spiro atoms. The molecule has 0 saturated carbocycles. The Morgan fingerprint density at radius 3 is 2.47 bits per heavy atom. The molecule has 0 unspecified atom stereocenters. The maximum Gasteiger partial charge on any atom is 0.225 e. The Morgan fingerprint density at radius 1 is 1.06 bits per heavy atom. The minimum atomic E-state index is -3.82. The summed E-state index contributed by atoms with van der Waals surface area (Å²) in [6, 6.07) is 11.7. The third-order valence-electron chi connectivity index (χ3n) is 5.31. The molecule has 1 aliphatic heterocycles. The van der Waals surface area contributed by atoms with Gasteiger partial charge in [-0.3, -0.25) is 4.79 Å². The van der Waals surface area contributed by atoms with Gasteiger partial charge in [-0.2, -0.15) is 0 Å². The molecule has 0 radical (unpaired) electrons. The van der Waals surface area contributed by atoms with Crippen LogP contribution in [0.2, 0.25) is 0 Å². The number of amides is 1. The van der Waals surface area contributed by atoms with Gasteiger partial charge in [0.15, 0.2) is 11.5 Å². The number of hydrogen-bond acceptors (Lipinski definition) is 7. The van der Waals surface area contributed by atoms with Gasteiger partial charge in [-0.25, -0.2) is 8.42 Å². The zero-order valence-corrected chi connectivity index (χ0v) is 19.5. The zero-order chi connectivity index (χ0) is 22.9. The van der Waals surface area contributed by atoms with Crippen LogP contribution in [0.5, 0.6) is 17.2 Å². The van der Waals surface area contributed by atoms with Gasteiger partial charge in [-0.05, 0) is 48.9 Å². The van der Waals surface area contributed by atoms with Gasteiger partial charge in [0, 0.05) is 22.6 Å².